The van der Waals surface area contributed by atoms with Gasteiger partial charge >= 0.3 is 28.0 Å². The average Bonchev–Trinajstić information content (AvgIpc) is 2.67. The molecule has 0 N–H and O–H groups in total. The highest BCUT2D eigenvalue weighted by atomic mass is 35.5. The number of benzene rings is 2. The molecule has 0 aliphatic heterocycles. The fourth-order valence-corrected chi connectivity index (χ4v) is 6.00. The van der Waals surface area contributed by atoms with Crippen LogP contribution in [0.25, 0.3) is 0 Å². The molecule has 7 nitrogen and oxygen atoms in total. The summed E-state index contributed by atoms with van der Waals surface area (Å²) in [6, 6.07) is 11.1. The number of hydrogen-bond acceptors (Lipinski definition) is 7. The van der Waals surface area contributed by atoms with Gasteiger partial charge in [-0.15, -0.1) is 19.4 Å². The highest BCUT2D eigenvalue weighted by Crippen LogP contribution is 2.52. The molecule has 2 aromatic rings. The van der Waals surface area contributed by atoms with Gasteiger partial charge in [0.2, 0.25) is 0 Å². The summed E-state index contributed by atoms with van der Waals surface area (Å²) in [4.78, 5) is -0.852. The van der Waals surface area contributed by atoms with Crippen molar-refractivity contribution in [3.05, 3.63) is 59.7 Å². The van der Waals surface area contributed by atoms with Crippen molar-refractivity contribution < 1.29 is 38.2 Å². The molecule has 0 aromatic heterocycles. The van der Waals surface area contributed by atoms with Gasteiger partial charge in [-0.1, -0.05) is 36.4 Å². The van der Waals surface area contributed by atoms with Crippen LogP contribution < -0.4 is 0 Å². The van der Waals surface area contributed by atoms with Crippen molar-refractivity contribution in [3.63, 3.8) is 0 Å². The van der Waals surface area contributed by atoms with Crippen LogP contribution in [0.15, 0.2) is 58.3 Å². The van der Waals surface area contributed by atoms with Gasteiger partial charge in [0.05, 0.1) is 19.4 Å². The van der Waals surface area contributed by atoms with Gasteiger partial charge in [0.1, 0.15) is 9.79 Å². The Labute approximate surface area is 186 Å². The van der Waals surface area contributed by atoms with Gasteiger partial charge in [-0.3, -0.25) is 4.57 Å². The Morgan fingerprint density at radius 1 is 0.806 bits per heavy atom. The molecule has 0 bridgehead atoms. The molecule has 13 heteroatoms. The van der Waals surface area contributed by atoms with Crippen LogP contribution in [0.1, 0.15) is 25.0 Å². The minimum Gasteiger partial charge on any atom is -0.309 e. The zero-order chi connectivity index (χ0) is 23.7. The molecule has 174 valence electrons. The summed E-state index contributed by atoms with van der Waals surface area (Å²) in [6.07, 6.45) is -0.284. The zero-order valence-electron chi connectivity index (χ0n) is 16.7. The summed E-state index contributed by atoms with van der Waals surface area (Å²) in [5.41, 5.74) is 0.358. The van der Waals surface area contributed by atoms with E-state index >= 15 is 0 Å². The average molecular weight is 519 g/mol. The zero-order valence-corrected chi connectivity index (χ0v) is 20.0. The van der Waals surface area contributed by atoms with E-state index in [0.717, 1.165) is 6.07 Å². The van der Waals surface area contributed by atoms with Crippen LogP contribution in [-0.2, 0) is 46.1 Å². The summed E-state index contributed by atoms with van der Waals surface area (Å²) >= 11 is 5.41. The van der Waals surface area contributed by atoms with Gasteiger partial charge in [-0.25, -0.2) is 0 Å². The van der Waals surface area contributed by atoms with E-state index in [4.69, 9.17) is 20.6 Å². The first-order chi connectivity index (χ1) is 14.4. The SMILES string of the molecule is CCOP(=O)(Cc1ccccc1S(=O)(=O)F)OCC.O=S(=O)(F)c1ccccc1CCl. The largest absolute Gasteiger partial charge is 0.335 e. The Kier molecular flexibility index (Phi) is 10.7. The molecule has 0 fully saturated rings. The highest BCUT2D eigenvalue weighted by molar-refractivity contribution is 7.86. The van der Waals surface area contributed by atoms with Crippen LogP contribution >= 0.6 is 19.2 Å². The molecule has 0 saturated carbocycles. The Balaban J connectivity index is 0.000000343. The van der Waals surface area contributed by atoms with Gasteiger partial charge < -0.3 is 9.05 Å². The van der Waals surface area contributed by atoms with Gasteiger partial charge in [-0.2, -0.15) is 16.8 Å². The van der Waals surface area contributed by atoms with E-state index in [1.165, 1.54) is 36.4 Å². The lowest BCUT2D eigenvalue weighted by Crippen LogP contribution is -2.03. The molecule has 0 radical (unpaired) electrons. The normalized spacial score (nSPS) is 12.2. The Morgan fingerprint density at radius 3 is 1.55 bits per heavy atom. The van der Waals surface area contributed by atoms with E-state index in [1.807, 2.05) is 0 Å². The lowest BCUT2D eigenvalue weighted by atomic mass is 10.2. The van der Waals surface area contributed by atoms with E-state index in [-0.39, 0.29) is 41.3 Å². The van der Waals surface area contributed by atoms with Crippen molar-refractivity contribution in [2.24, 2.45) is 0 Å². The number of alkyl halides is 1. The van der Waals surface area contributed by atoms with Gasteiger partial charge in [-0.05, 0) is 37.1 Å². The highest BCUT2D eigenvalue weighted by Gasteiger charge is 2.28. The molecule has 0 aliphatic rings. The molecule has 0 saturated heterocycles. The third-order valence-corrected chi connectivity index (χ3v) is 7.80. The first-order valence-corrected chi connectivity index (χ1v) is 13.9. The Morgan fingerprint density at radius 2 is 1.19 bits per heavy atom. The molecule has 0 aliphatic carbocycles. The fraction of sp³-hybridized carbons (Fsp3) is 0.333. The van der Waals surface area contributed by atoms with Crippen molar-refractivity contribution in [1.82, 2.24) is 0 Å². The topological polar surface area (TPSA) is 104 Å². The van der Waals surface area contributed by atoms with E-state index in [9.17, 15) is 29.2 Å². The number of halogens is 3. The van der Waals surface area contributed by atoms with E-state index in [2.05, 4.69) is 0 Å². The van der Waals surface area contributed by atoms with Crippen molar-refractivity contribution in [2.45, 2.75) is 35.7 Å². The van der Waals surface area contributed by atoms with E-state index in [0.29, 0.717) is 0 Å². The quantitative estimate of drug-likeness (QED) is 0.255. The van der Waals surface area contributed by atoms with Gasteiger partial charge in [0, 0.05) is 5.88 Å². The first kappa shape index (κ1) is 27.7. The number of hydrogen-bond donors (Lipinski definition) is 0. The smallest absolute Gasteiger partial charge is 0.309 e. The summed E-state index contributed by atoms with van der Waals surface area (Å²) in [6.45, 7) is 3.59. The van der Waals surface area contributed by atoms with Crippen molar-refractivity contribution >= 4 is 39.6 Å². The monoisotopic (exact) mass is 518 g/mol. The summed E-state index contributed by atoms with van der Waals surface area (Å²) in [5.74, 6) is -0.0146. The maximum absolute atomic E-state index is 13.1. The van der Waals surface area contributed by atoms with Gasteiger partial charge in [0.15, 0.2) is 0 Å². The van der Waals surface area contributed by atoms with Crippen LogP contribution in [0, 0.1) is 0 Å². The number of rotatable bonds is 9. The van der Waals surface area contributed by atoms with Crippen LogP contribution in [0.5, 0.6) is 0 Å². The molecule has 2 rings (SSSR count). The lowest BCUT2D eigenvalue weighted by molar-refractivity contribution is 0.219. The molecule has 0 heterocycles. The standard InChI is InChI=1S/C11H16FO5PS.C7H6ClFO2S/c1-3-16-18(13,17-4-2)9-10-7-5-6-8-11(10)19(12,14)15;8-5-6-3-1-2-4-7(6)12(9,10)11/h5-8H,3-4,9H2,1-2H3;1-4H,5H2. The fourth-order valence-electron chi connectivity index (χ4n) is 2.45. The molecule has 31 heavy (non-hydrogen) atoms. The molecule has 0 amide bonds. The summed E-state index contributed by atoms with van der Waals surface area (Å²) in [7, 11) is -13.0. The van der Waals surface area contributed by atoms with Crippen LogP contribution in [0.4, 0.5) is 7.77 Å². The second kappa shape index (κ2) is 12.0. The predicted octanol–water partition coefficient (Wildman–Crippen LogP) is 5.19. The molecular weight excluding hydrogens is 497 g/mol. The van der Waals surface area contributed by atoms with Gasteiger partial charge in [0.25, 0.3) is 0 Å². The van der Waals surface area contributed by atoms with Crippen molar-refractivity contribution in [1.29, 1.82) is 0 Å². The minimum atomic E-state index is -4.87. The molecule has 0 unspecified atom stereocenters. The van der Waals surface area contributed by atoms with Crippen LogP contribution in [-0.4, -0.2) is 30.0 Å². The molecule has 2 aromatic carbocycles. The van der Waals surface area contributed by atoms with E-state index < -0.39 is 32.9 Å². The minimum absolute atomic E-state index is 0.0146. The van der Waals surface area contributed by atoms with Crippen LogP contribution in [0.2, 0.25) is 0 Å². The Hall–Kier alpha value is -1.36. The second-order valence-electron chi connectivity index (χ2n) is 5.83. The predicted molar refractivity (Wildman–Crippen MR) is 114 cm³/mol. The summed E-state index contributed by atoms with van der Waals surface area (Å²) < 4.78 is 91.0. The van der Waals surface area contributed by atoms with Crippen LogP contribution in [0.3, 0.4) is 0 Å². The van der Waals surface area contributed by atoms with E-state index in [1.54, 1.807) is 19.9 Å². The summed E-state index contributed by atoms with van der Waals surface area (Å²) in [5, 5.41) is 0. The van der Waals surface area contributed by atoms with Crippen molar-refractivity contribution in [3.8, 4) is 0 Å². The molecule has 0 spiro atoms. The third kappa shape index (κ3) is 8.96. The lowest BCUT2D eigenvalue weighted by Gasteiger charge is -2.17. The second-order valence-corrected chi connectivity index (χ2v) is 10.8. The molecular formula is C18H22ClF2O7PS2. The third-order valence-electron chi connectivity index (χ3n) is 3.63. The maximum atomic E-state index is 13.1. The maximum Gasteiger partial charge on any atom is 0.335 e. The Bertz CT molecular complexity index is 1120. The van der Waals surface area contributed by atoms with Crippen molar-refractivity contribution in [2.75, 3.05) is 13.2 Å². The first-order valence-electron chi connectivity index (χ1n) is 8.87. The molecule has 0 atom stereocenters.